The Morgan fingerprint density at radius 2 is 1.87 bits per heavy atom. The van der Waals surface area contributed by atoms with Gasteiger partial charge in [-0.3, -0.25) is 0 Å². The molecule has 2 aromatic rings. The van der Waals surface area contributed by atoms with E-state index in [2.05, 4.69) is 20.4 Å². The number of nitrogens with one attached hydrogen (secondary N) is 1. The van der Waals surface area contributed by atoms with E-state index in [9.17, 15) is 26.3 Å². The van der Waals surface area contributed by atoms with Crippen molar-refractivity contribution in [2.75, 3.05) is 0 Å². The third-order valence-electron chi connectivity index (χ3n) is 4.79. The predicted octanol–water partition coefficient (Wildman–Crippen LogP) is 4.81. The lowest BCUT2D eigenvalue weighted by Gasteiger charge is -2.25. The minimum absolute atomic E-state index is 0.0964. The van der Waals surface area contributed by atoms with Crippen LogP contribution in [0.25, 0.3) is 6.08 Å². The number of hydrogen-bond acceptors (Lipinski definition) is 4. The Labute approximate surface area is 168 Å². The van der Waals surface area contributed by atoms with E-state index in [0.29, 0.717) is 17.0 Å². The molecule has 30 heavy (non-hydrogen) atoms. The molecule has 0 spiro atoms. The van der Waals surface area contributed by atoms with Gasteiger partial charge in [0.05, 0.1) is 11.4 Å². The molecule has 0 amide bonds. The van der Waals surface area contributed by atoms with Gasteiger partial charge in [0.2, 0.25) is 0 Å². The van der Waals surface area contributed by atoms with E-state index >= 15 is 0 Å². The first-order chi connectivity index (χ1) is 14.0. The van der Waals surface area contributed by atoms with E-state index in [0.717, 1.165) is 0 Å². The summed E-state index contributed by atoms with van der Waals surface area (Å²) in [6, 6.07) is 5.61. The number of aryl methyl sites for hydroxylation is 1. The Bertz CT molecular complexity index is 890. The maximum Gasteiger partial charge on any atom is 0.573 e. The van der Waals surface area contributed by atoms with E-state index in [1.807, 2.05) is 13.0 Å². The summed E-state index contributed by atoms with van der Waals surface area (Å²) in [4.78, 5) is 0. The zero-order valence-corrected chi connectivity index (χ0v) is 16.0. The molecule has 1 aliphatic rings. The number of benzene rings is 1. The summed E-state index contributed by atoms with van der Waals surface area (Å²) in [5.41, 5.74) is 1.61. The molecule has 0 aliphatic heterocycles. The van der Waals surface area contributed by atoms with Crippen LogP contribution in [0.4, 0.5) is 26.3 Å². The first-order valence-electron chi connectivity index (χ1n) is 9.29. The van der Waals surface area contributed by atoms with E-state index in [-0.39, 0.29) is 37.2 Å². The van der Waals surface area contributed by atoms with Gasteiger partial charge in [-0.05, 0) is 18.6 Å². The van der Waals surface area contributed by atoms with Gasteiger partial charge in [0, 0.05) is 37.0 Å². The van der Waals surface area contributed by atoms with Crippen LogP contribution in [0, 0.1) is 0 Å². The second kappa shape index (κ2) is 8.66. The number of aromatic nitrogens is 3. The molecule has 0 bridgehead atoms. The monoisotopic (exact) mass is 434 g/mol. The van der Waals surface area contributed by atoms with Crippen molar-refractivity contribution < 1.29 is 31.1 Å². The quantitative estimate of drug-likeness (QED) is 0.636. The third kappa shape index (κ3) is 5.74. The van der Waals surface area contributed by atoms with Gasteiger partial charge >= 0.3 is 12.5 Å². The van der Waals surface area contributed by atoms with Gasteiger partial charge in [0.15, 0.2) is 0 Å². The molecule has 1 aromatic carbocycles. The van der Waals surface area contributed by atoms with Crippen molar-refractivity contribution in [1.29, 1.82) is 0 Å². The molecule has 0 fully saturated rings. The smallest absolute Gasteiger partial charge is 0.405 e. The van der Waals surface area contributed by atoms with Crippen molar-refractivity contribution in [3.63, 3.8) is 0 Å². The molecule has 11 heteroatoms. The second-order valence-electron chi connectivity index (χ2n) is 7.01. The van der Waals surface area contributed by atoms with Crippen molar-refractivity contribution in [3.8, 4) is 5.75 Å². The number of halogens is 6. The molecule has 5 nitrogen and oxygen atoms in total. The SMILES string of the molecule is CC1c2nnn(CCCC(F)(F)F)c2C=CC1NCc1ccccc1OC(F)(F)F. The van der Waals surface area contributed by atoms with Gasteiger partial charge in [-0.1, -0.05) is 36.4 Å². The normalized spacial score (nSPS) is 19.0. The summed E-state index contributed by atoms with van der Waals surface area (Å²) in [5.74, 6) is -0.446. The first-order valence-corrected chi connectivity index (χ1v) is 9.29. The summed E-state index contributed by atoms with van der Waals surface area (Å²) < 4.78 is 80.2. The molecule has 1 heterocycles. The Morgan fingerprint density at radius 1 is 1.13 bits per heavy atom. The topological polar surface area (TPSA) is 52.0 Å². The van der Waals surface area contributed by atoms with E-state index in [4.69, 9.17) is 0 Å². The molecule has 0 saturated carbocycles. The fourth-order valence-corrected chi connectivity index (χ4v) is 3.30. The highest BCUT2D eigenvalue weighted by atomic mass is 19.4. The molecule has 0 radical (unpaired) electrons. The first kappa shape index (κ1) is 22.1. The van der Waals surface area contributed by atoms with Crippen molar-refractivity contribution in [2.45, 2.75) is 57.4 Å². The molecule has 1 aliphatic carbocycles. The van der Waals surface area contributed by atoms with Crippen molar-refractivity contribution in [1.82, 2.24) is 20.3 Å². The molecular formula is C19H20F6N4O. The summed E-state index contributed by atoms with van der Waals surface area (Å²) in [7, 11) is 0. The Morgan fingerprint density at radius 3 is 2.57 bits per heavy atom. The van der Waals surface area contributed by atoms with Crippen LogP contribution in [-0.2, 0) is 13.1 Å². The van der Waals surface area contributed by atoms with E-state index in [1.54, 1.807) is 12.1 Å². The molecule has 3 rings (SSSR count). The summed E-state index contributed by atoms with van der Waals surface area (Å²) >= 11 is 0. The lowest BCUT2D eigenvalue weighted by molar-refractivity contribution is -0.274. The van der Waals surface area contributed by atoms with Crippen LogP contribution in [0.2, 0.25) is 0 Å². The lowest BCUT2D eigenvalue weighted by Crippen LogP contribution is -2.34. The molecule has 1 N–H and O–H groups in total. The van der Waals surface area contributed by atoms with Crippen LogP contribution in [0.5, 0.6) is 5.75 Å². The summed E-state index contributed by atoms with van der Waals surface area (Å²) in [6.45, 7) is 2.09. The van der Waals surface area contributed by atoms with Gasteiger partial charge in [-0.2, -0.15) is 13.2 Å². The van der Waals surface area contributed by atoms with Gasteiger partial charge in [0.1, 0.15) is 5.75 Å². The van der Waals surface area contributed by atoms with Gasteiger partial charge < -0.3 is 10.1 Å². The van der Waals surface area contributed by atoms with E-state index in [1.165, 1.54) is 22.9 Å². The number of alkyl halides is 6. The average molecular weight is 434 g/mol. The molecule has 2 unspecified atom stereocenters. The number of para-hydroxylation sites is 1. The van der Waals surface area contributed by atoms with Gasteiger partial charge in [-0.25, -0.2) is 4.68 Å². The Kier molecular flexibility index (Phi) is 6.39. The number of hydrogen-bond donors (Lipinski definition) is 1. The molecule has 2 atom stereocenters. The van der Waals surface area contributed by atoms with Crippen molar-refractivity contribution in [3.05, 3.63) is 47.3 Å². The molecule has 164 valence electrons. The lowest BCUT2D eigenvalue weighted by atomic mass is 9.91. The zero-order valence-electron chi connectivity index (χ0n) is 16.0. The summed E-state index contributed by atoms with van der Waals surface area (Å²) in [6.07, 6.45) is -6.47. The van der Waals surface area contributed by atoms with Crippen LogP contribution in [0.1, 0.15) is 42.6 Å². The average Bonchev–Trinajstić information content (AvgIpc) is 3.04. The molecule has 1 aromatic heterocycles. The van der Waals surface area contributed by atoms with Gasteiger partial charge in [0.25, 0.3) is 0 Å². The number of nitrogens with zero attached hydrogens (tertiary/aromatic N) is 3. The number of ether oxygens (including phenoxy) is 1. The maximum atomic E-state index is 12.6. The largest absolute Gasteiger partial charge is 0.573 e. The maximum absolute atomic E-state index is 12.6. The minimum Gasteiger partial charge on any atom is -0.405 e. The zero-order chi connectivity index (χ0) is 21.9. The van der Waals surface area contributed by atoms with Crippen LogP contribution in [0.3, 0.4) is 0 Å². The Balaban J connectivity index is 1.64. The Hall–Kier alpha value is -2.56. The minimum atomic E-state index is -4.78. The fraction of sp³-hybridized carbons (Fsp3) is 0.474. The van der Waals surface area contributed by atoms with Crippen molar-refractivity contribution >= 4 is 6.08 Å². The third-order valence-corrected chi connectivity index (χ3v) is 4.79. The number of fused-ring (bicyclic) bond motifs is 1. The van der Waals surface area contributed by atoms with E-state index < -0.39 is 19.0 Å². The summed E-state index contributed by atoms with van der Waals surface area (Å²) in [5, 5.41) is 11.2. The van der Waals surface area contributed by atoms with Gasteiger partial charge in [-0.15, -0.1) is 18.3 Å². The fourth-order valence-electron chi connectivity index (χ4n) is 3.30. The molecule has 0 saturated heterocycles. The van der Waals surface area contributed by atoms with Crippen LogP contribution in [0.15, 0.2) is 30.3 Å². The van der Waals surface area contributed by atoms with Crippen LogP contribution < -0.4 is 10.1 Å². The standard InChI is InChI=1S/C19H20F6N4O/c1-12-14(26-11-13-5-2-3-6-16(13)30-19(23,24)25)7-8-15-17(12)27-28-29(15)10-4-9-18(20,21)22/h2-3,5-8,12,14,26H,4,9-11H2,1H3. The van der Waals surface area contributed by atoms with Crippen LogP contribution >= 0.6 is 0 Å². The van der Waals surface area contributed by atoms with Crippen LogP contribution in [-0.4, -0.2) is 33.6 Å². The predicted molar refractivity (Wildman–Crippen MR) is 96.5 cm³/mol. The van der Waals surface area contributed by atoms with Crippen molar-refractivity contribution in [2.24, 2.45) is 0 Å². The number of rotatable bonds is 7. The molecular weight excluding hydrogens is 414 g/mol. The second-order valence-corrected chi connectivity index (χ2v) is 7.01. The highest BCUT2D eigenvalue weighted by molar-refractivity contribution is 5.53. The highest BCUT2D eigenvalue weighted by Gasteiger charge is 2.32. The highest BCUT2D eigenvalue weighted by Crippen LogP contribution is 2.30.